The number of ether oxygens (including phenoxy) is 1. The number of sulfonamides is 1. The molecule has 0 aliphatic carbocycles. The monoisotopic (exact) mass is 467 g/mol. The lowest BCUT2D eigenvalue weighted by Crippen LogP contribution is -2.36. The molecule has 0 bridgehead atoms. The standard InChI is InChI=1S/C21H23F2N3O5S/c1-31-18-8-6-15(12-19(18)32(29,30)26-9-3-2-4-10-26)25-20(27)13-24-21(28)16-7-5-14(22)11-17(16)23/h5-8,11-12H,2-4,9-10,13H2,1H3,(H,24,28)(H,25,27). The molecule has 1 heterocycles. The van der Waals surface area contributed by atoms with Gasteiger partial charge in [0.05, 0.1) is 19.2 Å². The third kappa shape index (κ3) is 5.40. The molecule has 11 heteroatoms. The minimum Gasteiger partial charge on any atom is -0.495 e. The lowest BCUT2D eigenvalue weighted by molar-refractivity contribution is -0.115. The zero-order chi connectivity index (χ0) is 23.3. The minimum absolute atomic E-state index is 0.0721. The van der Waals surface area contributed by atoms with Crippen LogP contribution in [-0.4, -0.2) is 51.3 Å². The van der Waals surface area contributed by atoms with Crippen molar-refractivity contribution < 1.29 is 31.5 Å². The average Bonchev–Trinajstić information content (AvgIpc) is 2.78. The number of amides is 2. The van der Waals surface area contributed by atoms with Gasteiger partial charge in [0.15, 0.2) is 0 Å². The van der Waals surface area contributed by atoms with Crippen LogP contribution in [0.3, 0.4) is 0 Å². The molecule has 0 saturated carbocycles. The maximum atomic E-state index is 13.7. The molecule has 0 radical (unpaired) electrons. The van der Waals surface area contributed by atoms with Crippen molar-refractivity contribution in [3.8, 4) is 5.75 Å². The van der Waals surface area contributed by atoms with Crippen molar-refractivity contribution in [2.24, 2.45) is 0 Å². The van der Waals surface area contributed by atoms with Crippen molar-refractivity contribution in [1.82, 2.24) is 9.62 Å². The molecule has 2 amide bonds. The third-order valence-electron chi connectivity index (χ3n) is 4.97. The van der Waals surface area contributed by atoms with E-state index >= 15 is 0 Å². The van der Waals surface area contributed by atoms with E-state index in [2.05, 4.69) is 10.6 Å². The van der Waals surface area contributed by atoms with Gasteiger partial charge in [0, 0.05) is 24.8 Å². The molecule has 8 nitrogen and oxygen atoms in total. The first-order chi connectivity index (χ1) is 15.2. The van der Waals surface area contributed by atoms with E-state index in [9.17, 15) is 26.8 Å². The van der Waals surface area contributed by atoms with E-state index in [1.807, 2.05) is 0 Å². The van der Waals surface area contributed by atoms with E-state index in [-0.39, 0.29) is 16.3 Å². The second-order valence-electron chi connectivity index (χ2n) is 7.19. The predicted octanol–water partition coefficient (Wildman–Crippen LogP) is 2.52. The normalized spacial score (nSPS) is 14.6. The molecule has 1 aliphatic heterocycles. The van der Waals surface area contributed by atoms with E-state index in [4.69, 9.17) is 4.74 Å². The number of piperidine rings is 1. The molecule has 0 aromatic heterocycles. The van der Waals surface area contributed by atoms with E-state index in [0.717, 1.165) is 31.4 Å². The molecule has 1 saturated heterocycles. The molecule has 0 unspecified atom stereocenters. The molecular weight excluding hydrogens is 444 g/mol. The van der Waals surface area contributed by atoms with Gasteiger partial charge >= 0.3 is 0 Å². The quantitative estimate of drug-likeness (QED) is 0.651. The average molecular weight is 467 g/mol. The van der Waals surface area contributed by atoms with Crippen molar-refractivity contribution in [3.05, 3.63) is 53.6 Å². The van der Waals surface area contributed by atoms with Crippen molar-refractivity contribution in [3.63, 3.8) is 0 Å². The van der Waals surface area contributed by atoms with Crippen molar-refractivity contribution >= 4 is 27.5 Å². The van der Waals surface area contributed by atoms with Crippen LogP contribution in [0.2, 0.25) is 0 Å². The summed E-state index contributed by atoms with van der Waals surface area (Å²) >= 11 is 0. The number of nitrogens with one attached hydrogen (secondary N) is 2. The predicted molar refractivity (Wildman–Crippen MR) is 113 cm³/mol. The Balaban J connectivity index is 1.70. The summed E-state index contributed by atoms with van der Waals surface area (Å²) in [6.07, 6.45) is 2.51. The lowest BCUT2D eigenvalue weighted by atomic mass is 10.2. The van der Waals surface area contributed by atoms with Crippen LogP contribution < -0.4 is 15.4 Å². The van der Waals surface area contributed by atoms with Gasteiger partial charge in [0.25, 0.3) is 5.91 Å². The molecule has 1 aliphatic rings. The largest absolute Gasteiger partial charge is 0.495 e. The summed E-state index contributed by atoms with van der Waals surface area (Å²) in [5, 5.41) is 4.73. The minimum atomic E-state index is -3.82. The molecule has 32 heavy (non-hydrogen) atoms. The highest BCUT2D eigenvalue weighted by Gasteiger charge is 2.29. The Labute approximate surface area is 184 Å². The van der Waals surface area contributed by atoms with Crippen LogP contribution in [0.4, 0.5) is 14.5 Å². The fourth-order valence-corrected chi connectivity index (χ4v) is 5.03. The summed E-state index contributed by atoms with van der Waals surface area (Å²) < 4.78 is 59.3. The van der Waals surface area contributed by atoms with Crippen molar-refractivity contribution in [1.29, 1.82) is 0 Å². The molecule has 0 atom stereocenters. The van der Waals surface area contributed by atoms with Crippen LogP contribution in [0.1, 0.15) is 29.6 Å². The Morgan fingerprint density at radius 1 is 1.06 bits per heavy atom. The number of benzene rings is 2. The molecule has 2 aromatic carbocycles. The zero-order valence-corrected chi connectivity index (χ0v) is 18.2. The van der Waals surface area contributed by atoms with E-state index in [1.54, 1.807) is 0 Å². The van der Waals surface area contributed by atoms with Crippen LogP contribution in [0.5, 0.6) is 5.75 Å². The van der Waals surface area contributed by atoms with Crippen LogP contribution in [0, 0.1) is 11.6 Å². The Morgan fingerprint density at radius 2 is 1.78 bits per heavy atom. The topological polar surface area (TPSA) is 105 Å². The summed E-state index contributed by atoms with van der Waals surface area (Å²) in [7, 11) is -2.46. The third-order valence-corrected chi connectivity index (χ3v) is 6.89. The number of anilines is 1. The second-order valence-corrected chi connectivity index (χ2v) is 9.09. The Hall–Kier alpha value is -3.05. The summed E-state index contributed by atoms with van der Waals surface area (Å²) in [6.45, 7) is 0.317. The highest BCUT2D eigenvalue weighted by atomic mass is 32.2. The first kappa shape index (κ1) is 23.6. The molecule has 2 aromatic rings. The van der Waals surface area contributed by atoms with Gasteiger partial charge in [-0.3, -0.25) is 9.59 Å². The zero-order valence-electron chi connectivity index (χ0n) is 17.4. The van der Waals surface area contributed by atoms with Crippen LogP contribution in [0.15, 0.2) is 41.3 Å². The second kappa shape index (κ2) is 10.0. The van der Waals surface area contributed by atoms with Crippen molar-refractivity contribution in [2.45, 2.75) is 24.2 Å². The van der Waals surface area contributed by atoms with E-state index < -0.39 is 45.6 Å². The van der Waals surface area contributed by atoms with Gasteiger partial charge in [-0.1, -0.05) is 6.42 Å². The number of hydrogen-bond donors (Lipinski definition) is 2. The van der Waals surface area contributed by atoms with Crippen LogP contribution >= 0.6 is 0 Å². The van der Waals surface area contributed by atoms with Gasteiger partial charge in [0.1, 0.15) is 22.3 Å². The van der Waals surface area contributed by atoms with Gasteiger partial charge in [-0.15, -0.1) is 0 Å². The lowest BCUT2D eigenvalue weighted by Gasteiger charge is -2.26. The van der Waals surface area contributed by atoms with Crippen LogP contribution in [0.25, 0.3) is 0 Å². The summed E-state index contributed by atoms with van der Waals surface area (Å²) in [6, 6.07) is 6.66. The number of carbonyl (C=O) groups is 2. The Bertz CT molecular complexity index is 1120. The Morgan fingerprint density at radius 3 is 2.44 bits per heavy atom. The molecule has 1 fully saturated rings. The number of rotatable bonds is 7. The highest BCUT2D eigenvalue weighted by Crippen LogP contribution is 2.31. The van der Waals surface area contributed by atoms with Gasteiger partial charge in [-0.05, 0) is 43.2 Å². The summed E-state index contributed by atoms with van der Waals surface area (Å²) in [5.74, 6) is -3.28. The summed E-state index contributed by atoms with van der Waals surface area (Å²) in [5.41, 5.74) is -0.216. The Kier molecular flexibility index (Phi) is 7.41. The molecule has 172 valence electrons. The number of methoxy groups -OCH3 is 1. The number of carbonyl (C=O) groups excluding carboxylic acids is 2. The van der Waals surface area contributed by atoms with Gasteiger partial charge in [-0.25, -0.2) is 17.2 Å². The molecule has 2 N–H and O–H groups in total. The fraction of sp³-hybridized carbons (Fsp3) is 0.333. The number of hydrogen-bond acceptors (Lipinski definition) is 5. The van der Waals surface area contributed by atoms with E-state index in [1.165, 1.54) is 29.6 Å². The number of halogens is 2. The van der Waals surface area contributed by atoms with Gasteiger partial charge in [0.2, 0.25) is 15.9 Å². The van der Waals surface area contributed by atoms with Crippen LogP contribution in [-0.2, 0) is 14.8 Å². The fourth-order valence-electron chi connectivity index (χ4n) is 3.33. The van der Waals surface area contributed by atoms with Crippen molar-refractivity contribution in [2.75, 3.05) is 32.1 Å². The number of nitrogens with zero attached hydrogens (tertiary/aromatic N) is 1. The van der Waals surface area contributed by atoms with Gasteiger partial charge in [-0.2, -0.15) is 4.31 Å². The maximum absolute atomic E-state index is 13.7. The summed E-state index contributed by atoms with van der Waals surface area (Å²) in [4.78, 5) is 24.2. The first-order valence-electron chi connectivity index (χ1n) is 9.93. The highest BCUT2D eigenvalue weighted by molar-refractivity contribution is 7.89. The first-order valence-corrected chi connectivity index (χ1v) is 11.4. The molecular formula is C21H23F2N3O5S. The van der Waals surface area contributed by atoms with E-state index in [0.29, 0.717) is 19.2 Å². The van der Waals surface area contributed by atoms with Gasteiger partial charge < -0.3 is 15.4 Å². The SMILES string of the molecule is COc1ccc(NC(=O)CNC(=O)c2ccc(F)cc2F)cc1S(=O)(=O)N1CCCCC1. The molecule has 0 spiro atoms. The smallest absolute Gasteiger partial charge is 0.254 e. The molecule has 3 rings (SSSR count). The maximum Gasteiger partial charge on any atom is 0.254 e.